The summed E-state index contributed by atoms with van der Waals surface area (Å²) in [6, 6.07) is 8.80. The molecule has 0 amide bonds. The van der Waals surface area contributed by atoms with Crippen LogP contribution < -0.4 is 5.73 Å². The Balaban J connectivity index is 2.35. The van der Waals surface area contributed by atoms with Crippen LogP contribution in [0.1, 0.15) is 18.9 Å². The number of benzene rings is 1. The molecule has 0 fully saturated rings. The zero-order chi connectivity index (χ0) is 10.8. The van der Waals surface area contributed by atoms with Crippen molar-refractivity contribution in [2.75, 3.05) is 0 Å². The number of aryl methyl sites for hydroxylation is 2. The molecule has 2 rings (SSSR count). The quantitative estimate of drug-likeness (QED) is 0.814. The second kappa shape index (κ2) is 4.07. The zero-order valence-electron chi connectivity index (χ0n) is 9.40. The van der Waals surface area contributed by atoms with Gasteiger partial charge in [-0.15, -0.1) is 0 Å². The third-order valence-corrected chi connectivity index (χ3v) is 2.85. The van der Waals surface area contributed by atoms with Crippen molar-refractivity contribution < 1.29 is 0 Å². The highest BCUT2D eigenvalue weighted by atomic mass is 14.9. The van der Waals surface area contributed by atoms with Gasteiger partial charge in [-0.2, -0.15) is 0 Å². The van der Waals surface area contributed by atoms with Gasteiger partial charge in [-0.3, -0.25) is 0 Å². The van der Waals surface area contributed by atoms with E-state index >= 15 is 0 Å². The predicted molar refractivity (Wildman–Crippen MR) is 64.9 cm³/mol. The second-order valence-electron chi connectivity index (χ2n) is 4.30. The first kappa shape index (κ1) is 10.2. The van der Waals surface area contributed by atoms with E-state index in [4.69, 9.17) is 5.73 Å². The smallest absolute Gasteiger partial charge is 0.0480 e. The van der Waals surface area contributed by atoms with E-state index in [0.717, 1.165) is 12.8 Å². The van der Waals surface area contributed by atoms with E-state index in [1.807, 2.05) is 0 Å². The molecule has 2 aromatic rings. The van der Waals surface area contributed by atoms with Gasteiger partial charge in [-0.05, 0) is 31.4 Å². The topological polar surface area (TPSA) is 30.9 Å². The van der Waals surface area contributed by atoms with E-state index in [-0.39, 0.29) is 6.04 Å². The number of rotatable bonds is 3. The summed E-state index contributed by atoms with van der Waals surface area (Å²) in [5.74, 6) is 0. The molecule has 1 aromatic heterocycles. The summed E-state index contributed by atoms with van der Waals surface area (Å²) in [5.41, 5.74) is 8.50. The first-order chi connectivity index (χ1) is 7.18. The van der Waals surface area contributed by atoms with Gasteiger partial charge in [0.1, 0.15) is 0 Å². The second-order valence-corrected chi connectivity index (χ2v) is 4.30. The fraction of sp³-hybridized carbons (Fsp3) is 0.385. The Bertz CT molecular complexity index is 455. The molecule has 0 bridgehead atoms. The van der Waals surface area contributed by atoms with Crippen LogP contribution in [-0.2, 0) is 13.5 Å². The maximum Gasteiger partial charge on any atom is 0.0480 e. The number of para-hydroxylation sites is 1. The summed E-state index contributed by atoms with van der Waals surface area (Å²) in [5, 5.41) is 1.36. The van der Waals surface area contributed by atoms with Crippen molar-refractivity contribution in [3.63, 3.8) is 0 Å². The maximum atomic E-state index is 5.78. The van der Waals surface area contributed by atoms with E-state index in [9.17, 15) is 0 Å². The molecule has 0 aliphatic carbocycles. The molecule has 80 valence electrons. The number of hydrogen-bond acceptors (Lipinski definition) is 1. The van der Waals surface area contributed by atoms with Gasteiger partial charge in [0.15, 0.2) is 0 Å². The lowest BCUT2D eigenvalue weighted by atomic mass is 10.1. The summed E-state index contributed by atoms with van der Waals surface area (Å²) in [6.07, 6.45) is 4.33. The Morgan fingerprint density at radius 1 is 1.33 bits per heavy atom. The van der Waals surface area contributed by atoms with Gasteiger partial charge in [0.25, 0.3) is 0 Å². The van der Waals surface area contributed by atoms with Crippen LogP contribution in [0, 0.1) is 0 Å². The highest BCUT2D eigenvalue weighted by Crippen LogP contribution is 2.21. The van der Waals surface area contributed by atoms with Crippen molar-refractivity contribution >= 4 is 10.9 Å². The van der Waals surface area contributed by atoms with Crippen LogP contribution in [0.4, 0.5) is 0 Å². The molecule has 2 heteroatoms. The standard InChI is InChI=1S/C13H18N2/c1-10(14)7-8-11-9-15(2)13-6-4-3-5-12(11)13/h3-6,9-10H,7-8,14H2,1-2H3/t10-/m0/s1. The van der Waals surface area contributed by atoms with Gasteiger partial charge in [0.05, 0.1) is 0 Å². The minimum Gasteiger partial charge on any atom is -0.350 e. The van der Waals surface area contributed by atoms with Gasteiger partial charge in [0.2, 0.25) is 0 Å². The minimum atomic E-state index is 0.281. The van der Waals surface area contributed by atoms with Gasteiger partial charge >= 0.3 is 0 Å². The molecule has 0 saturated carbocycles. The minimum absolute atomic E-state index is 0.281. The van der Waals surface area contributed by atoms with E-state index < -0.39 is 0 Å². The van der Waals surface area contributed by atoms with Crippen molar-refractivity contribution in [2.45, 2.75) is 25.8 Å². The first-order valence-electron chi connectivity index (χ1n) is 5.47. The number of aromatic nitrogens is 1. The lowest BCUT2D eigenvalue weighted by molar-refractivity contribution is 0.667. The molecule has 15 heavy (non-hydrogen) atoms. The van der Waals surface area contributed by atoms with Crippen molar-refractivity contribution in [1.82, 2.24) is 4.57 Å². The largest absolute Gasteiger partial charge is 0.350 e. The van der Waals surface area contributed by atoms with E-state index in [1.165, 1.54) is 16.5 Å². The lowest BCUT2D eigenvalue weighted by Gasteiger charge is -2.03. The molecule has 1 heterocycles. The van der Waals surface area contributed by atoms with E-state index in [1.54, 1.807) is 0 Å². The monoisotopic (exact) mass is 202 g/mol. The number of fused-ring (bicyclic) bond motifs is 1. The molecular formula is C13H18N2. The molecular weight excluding hydrogens is 184 g/mol. The van der Waals surface area contributed by atoms with Crippen LogP contribution >= 0.6 is 0 Å². The van der Waals surface area contributed by atoms with Crippen LogP contribution in [0.15, 0.2) is 30.5 Å². The van der Waals surface area contributed by atoms with Crippen LogP contribution in [-0.4, -0.2) is 10.6 Å². The molecule has 0 unspecified atom stereocenters. The Morgan fingerprint density at radius 2 is 2.07 bits per heavy atom. The molecule has 2 nitrogen and oxygen atoms in total. The van der Waals surface area contributed by atoms with Gasteiger partial charge in [0, 0.05) is 30.2 Å². The number of nitrogens with zero attached hydrogens (tertiary/aromatic N) is 1. The molecule has 1 atom stereocenters. The van der Waals surface area contributed by atoms with Crippen LogP contribution in [0.25, 0.3) is 10.9 Å². The summed E-state index contributed by atoms with van der Waals surface area (Å²) in [6.45, 7) is 2.06. The van der Waals surface area contributed by atoms with E-state index in [2.05, 4.69) is 49.0 Å². The average molecular weight is 202 g/mol. The normalized spacial score (nSPS) is 13.3. The van der Waals surface area contributed by atoms with Crippen molar-refractivity contribution in [2.24, 2.45) is 12.8 Å². The van der Waals surface area contributed by atoms with Crippen LogP contribution in [0.3, 0.4) is 0 Å². The average Bonchev–Trinajstić information content (AvgIpc) is 2.54. The SMILES string of the molecule is C[C@H](N)CCc1cn(C)c2ccccc12. The van der Waals surface area contributed by atoms with Gasteiger partial charge < -0.3 is 10.3 Å². The summed E-state index contributed by atoms with van der Waals surface area (Å²) >= 11 is 0. The van der Waals surface area contributed by atoms with E-state index in [0.29, 0.717) is 0 Å². The number of nitrogens with two attached hydrogens (primary N) is 1. The fourth-order valence-corrected chi connectivity index (χ4v) is 2.01. The Labute approximate surface area is 90.7 Å². The van der Waals surface area contributed by atoms with Crippen molar-refractivity contribution in [1.29, 1.82) is 0 Å². The number of hydrogen-bond donors (Lipinski definition) is 1. The van der Waals surface area contributed by atoms with Crippen molar-refractivity contribution in [3.05, 3.63) is 36.0 Å². The fourth-order valence-electron chi connectivity index (χ4n) is 2.01. The first-order valence-corrected chi connectivity index (χ1v) is 5.47. The van der Waals surface area contributed by atoms with Gasteiger partial charge in [-0.1, -0.05) is 18.2 Å². The maximum absolute atomic E-state index is 5.78. The highest BCUT2D eigenvalue weighted by Gasteiger charge is 2.05. The third kappa shape index (κ3) is 2.05. The highest BCUT2D eigenvalue weighted by molar-refractivity contribution is 5.83. The van der Waals surface area contributed by atoms with Gasteiger partial charge in [-0.25, -0.2) is 0 Å². The Kier molecular flexibility index (Phi) is 2.78. The molecule has 2 N–H and O–H groups in total. The molecule has 1 aromatic carbocycles. The molecule has 0 aliphatic rings. The zero-order valence-corrected chi connectivity index (χ0v) is 9.40. The van der Waals surface area contributed by atoms with Crippen molar-refractivity contribution in [3.8, 4) is 0 Å². The van der Waals surface area contributed by atoms with Crippen LogP contribution in [0.5, 0.6) is 0 Å². The lowest BCUT2D eigenvalue weighted by Crippen LogP contribution is -2.15. The molecule has 0 saturated heterocycles. The third-order valence-electron chi connectivity index (χ3n) is 2.85. The Morgan fingerprint density at radius 3 is 2.80 bits per heavy atom. The summed E-state index contributed by atoms with van der Waals surface area (Å²) < 4.78 is 2.19. The molecule has 0 aliphatic heterocycles. The molecule has 0 spiro atoms. The Hall–Kier alpha value is -1.28. The van der Waals surface area contributed by atoms with Crippen LogP contribution in [0.2, 0.25) is 0 Å². The summed E-state index contributed by atoms with van der Waals surface area (Å²) in [7, 11) is 2.09. The predicted octanol–water partition coefficient (Wildman–Crippen LogP) is 2.46. The summed E-state index contributed by atoms with van der Waals surface area (Å²) in [4.78, 5) is 0. The molecule has 0 radical (unpaired) electrons.